The maximum atomic E-state index is 13.7. The largest absolute Gasteiger partial charge is 0.497 e. The number of sulfonamides is 1. The zero-order valence-corrected chi connectivity index (χ0v) is 23.4. The molecule has 3 rings (SSSR count). The van der Waals surface area contributed by atoms with Gasteiger partial charge < -0.3 is 15.0 Å². The number of carbonyl (C=O) groups is 2. The van der Waals surface area contributed by atoms with Gasteiger partial charge in [-0.15, -0.1) is 0 Å². The Morgan fingerprint density at radius 1 is 1.14 bits per heavy atom. The molecule has 1 N–H and O–H groups in total. The van der Waals surface area contributed by atoms with Crippen molar-refractivity contribution in [2.24, 2.45) is 0 Å². The molecule has 2 aromatic carbocycles. The maximum absolute atomic E-state index is 13.7. The van der Waals surface area contributed by atoms with E-state index in [1.165, 1.54) is 4.90 Å². The lowest BCUT2D eigenvalue weighted by atomic mass is 9.95. The van der Waals surface area contributed by atoms with Crippen LogP contribution in [0, 0.1) is 6.92 Å². The van der Waals surface area contributed by atoms with E-state index in [2.05, 4.69) is 5.32 Å². The van der Waals surface area contributed by atoms with Gasteiger partial charge in [-0.25, -0.2) is 8.42 Å². The molecule has 2 aromatic rings. The van der Waals surface area contributed by atoms with Gasteiger partial charge in [0, 0.05) is 17.6 Å². The Morgan fingerprint density at radius 2 is 1.81 bits per heavy atom. The van der Waals surface area contributed by atoms with Crippen molar-refractivity contribution in [3.8, 4) is 5.75 Å². The second kappa shape index (κ2) is 12.6. The molecule has 0 bridgehead atoms. The molecule has 0 unspecified atom stereocenters. The van der Waals surface area contributed by atoms with Crippen LogP contribution in [0.1, 0.15) is 50.2 Å². The van der Waals surface area contributed by atoms with Crippen LogP contribution in [-0.2, 0) is 26.2 Å². The lowest BCUT2D eigenvalue weighted by molar-refractivity contribution is -0.139. The summed E-state index contributed by atoms with van der Waals surface area (Å²) in [5, 5.41) is 3.48. The number of nitrogens with one attached hydrogen (secondary N) is 1. The fraction of sp³-hybridized carbons (Fsp3) is 0.481. The van der Waals surface area contributed by atoms with Crippen LogP contribution in [0.3, 0.4) is 0 Å². The van der Waals surface area contributed by atoms with Crippen LogP contribution in [0.25, 0.3) is 0 Å². The van der Waals surface area contributed by atoms with Crippen molar-refractivity contribution < 1.29 is 22.7 Å². The fourth-order valence-corrected chi connectivity index (χ4v) is 5.65. The first-order valence-corrected chi connectivity index (χ1v) is 14.7. The number of methoxy groups -OCH3 is 1. The lowest BCUT2D eigenvalue weighted by Gasteiger charge is -2.33. The molecule has 2 amide bonds. The maximum Gasteiger partial charge on any atom is 0.244 e. The zero-order chi connectivity index (χ0) is 27.2. The highest BCUT2D eigenvalue weighted by Crippen LogP contribution is 2.28. The van der Waals surface area contributed by atoms with E-state index in [1.807, 2.05) is 12.1 Å². The molecule has 0 aromatic heterocycles. The summed E-state index contributed by atoms with van der Waals surface area (Å²) < 4.78 is 31.9. The molecule has 0 saturated heterocycles. The minimum Gasteiger partial charge on any atom is -0.497 e. The number of anilines is 1. The summed E-state index contributed by atoms with van der Waals surface area (Å²) in [5.41, 5.74) is 1.63. The van der Waals surface area contributed by atoms with Crippen molar-refractivity contribution in [2.45, 2.75) is 64.6 Å². The zero-order valence-electron chi connectivity index (χ0n) is 21.9. The van der Waals surface area contributed by atoms with Crippen molar-refractivity contribution in [1.82, 2.24) is 10.2 Å². The van der Waals surface area contributed by atoms with Crippen molar-refractivity contribution in [3.63, 3.8) is 0 Å². The minimum absolute atomic E-state index is 0.0825. The average Bonchev–Trinajstić information content (AvgIpc) is 2.87. The highest BCUT2D eigenvalue weighted by atomic mass is 35.5. The van der Waals surface area contributed by atoms with E-state index in [9.17, 15) is 18.0 Å². The Hall–Kier alpha value is -2.78. The summed E-state index contributed by atoms with van der Waals surface area (Å²) in [7, 11) is -2.28. The number of rotatable bonds is 10. The summed E-state index contributed by atoms with van der Waals surface area (Å²) in [6, 6.07) is 11.4. The van der Waals surface area contributed by atoms with Crippen molar-refractivity contribution in [1.29, 1.82) is 0 Å². The average molecular weight is 550 g/mol. The Kier molecular flexibility index (Phi) is 9.84. The summed E-state index contributed by atoms with van der Waals surface area (Å²) in [4.78, 5) is 28.4. The number of nitrogens with zero attached hydrogens (tertiary/aromatic N) is 2. The van der Waals surface area contributed by atoms with Gasteiger partial charge in [-0.1, -0.05) is 49.1 Å². The van der Waals surface area contributed by atoms with Crippen molar-refractivity contribution >= 4 is 39.1 Å². The van der Waals surface area contributed by atoms with Crippen molar-refractivity contribution in [2.75, 3.05) is 24.2 Å². The predicted molar refractivity (Wildman–Crippen MR) is 146 cm³/mol. The summed E-state index contributed by atoms with van der Waals surface area (Å²) >= 11 is 6.25. The molecule has 1 saturated carbocycles. The van der Waals surface area contributed by atoms with Crippen LogP contribution in [0.15, 0.2) is 42.5 Å². The monoisotopic (exact) mass is 549 g/mol. The second-order valence-electron chi connectivity index (χ2n) is 9.55. The summed E-state index contributed by atoms with van der Waals surface area (Å²) in [6.45, 7) is 3.02. The molecule has 1 fully saturated rings. The van der Waals surface area contributed by atoms with E-state index >= 15 is 0 Å². The van der Waals surface area contributed by atoms with Crippen LogP contribution in [-0.4, -0.2) is 57.1 Å². The van der Waals surface area contributed by atoms with E-state index in [4.69, 9.17) is 16.3 Å². The lowest BCUT2D eigenvalue weighted by Crippen LogP contribution is -2.53. The highest BCUT2D eigenvalue weighted by Gasteiger charge is 2.31. The van der Waals surface area contributed by atoms with Gasteiger partial charge in [0.1, 0.15) is 18.3 Å². The summed E-state index contributed by atoms with van der Waals surface area (Å²) in [5.74, 6) is -0.136. The molecule has 1 aliphatic rings. The topological polar surface area (TPSA) is 96.0 Å². The van der Waals surface area contributed by atoms with Gasteiger partial charge in [0.2, 0.25) is 21.8 Å². The molecular weight excluding hydrogens is 514 g/mol. The molecule has 1 atom stereocenters. The number of halogens is 1. The molecule has 0 aliphatic heterocycles. The number of hydrogen-bond donors (Lipinski definition) is 1. The van der Waals surface area contributed by atoms with E-state index < -0.39 is 28.5 Å². The van der Waals surface area contributed by atoms with Crippen LogP contribution in [0.5, 0.6) is 5.75 Å². The van der Waals surface area contributed by atoms with E-state index in [0.29, 0.717) is 22.0 Å². The van der Waals surface area contributed by atoms with Crippen LogP contribution >= 0.6 is 11.6 Å². The molecule has 37 heavy (non-hydrogen) atoms. The third kappa shape index (κ3) is 7.61. The fourth-order valence-electron chi connectivity index (χ4n) is 4.58. The van der Waals surface area contributed by atoms with E-state index in [1.54, 1.807) is 51.3 Å². The van der Waals surface area contributed by atoms with Gasteiger partial charge in [-0.3, -0.25) is 13.9 Å². The molecule has 8 nitrogen and oxygen atoms in total. The van der Waals surface area contributed by atoms with Crippen LogP contribution < -0.4 is 14.4 Å². The van der Waals surface area contributed by atoms with E-state index in [-0.39, 0.29) is 18.5 Å². The number of benzene rings is 2. The van der Waals surface area contributed by atoms with Gasteiger partial charge in [0.15, 0.2) is 0 Å². The normalized spacial score (nSPS) is 15.1. The quantitative estimate of drug-likeness (QED) is 0.477. The first-order valence-electron chi connectivity index (χ1n) is 12.5. The number of carbonyl (C=O) groups excluding carboxylic acids is 2. The third-order valence-corrected chi connectivity index (χ3v) is 8.33. The number of amides is 2. The minimum atomic E-state index is -3.83. The van der Waals surface area contributed by atoms with Gasteiger partial charge in [-0.05, 0) is 62.1 Å². The Balaban J connectivity index is 1.91. The smallest absolute Gasteiger partial charge is 0.244 e. The first kappa shape index (κ1) is 28.8. The Bertz CT molecular complexity index is 1210. The Morgan fingerprint density at radius 3 is 2.46 bits per heavy atom. The SMILES string of the molecule is COc1cccc(CN(C(=O)CN(c2cccc(Cl)c2C)S(C)(=O)=O)[C@H](C)C(=O)NC2CCCCC2)c1. The second-order valence-corrected chi connectivity index (χ2v) is 11.9. The van der Waals surface area contributed by atoms with Gasteiger partial charge in [-0.2, -0.15) is 0 Å². The number of hydrogen-bond acceptors (Lipinski definition) is 5. The molecule has 10 heteroatoms. The van der Waals surface area contributed by atoms with Gasteiger partial charge in [0.25, 0.3) is 0 Å². The Labute approximate surface area is 225 Å². The molecule has 202 valence electrons. The third-order valence-electron chi connectivity index (χ3n) is 6.79. The standard InChI is InChI=1S/C27H36ClN3O5S/c1-19-24(28)14-9-15-25(19)31(37(4,34)35)18-26(32)30(17-21-10-8-13-23(16-21)36-3)20(2)27(33)29-22-11-6-5-7-12-22/h8-10,13-16,20,22H,5-7,11-12,17-18H2,1-4H3,(H,29,33)/t20-/m1/s1. The van der Waals surface area contributed by atoms with Gasteiger partial charge in [0.05, 0.1) is 19.1 Å². The van der Waals surface area contributed by atoms with Crippen LogP contribution in [0.4, 0.5) is 5.69 Å². The van der Waals surface area contributed by atoms with Gasteiger partial charge >= 0.3 is 0 Å². The molecule has 0 heterocycles. The number of ether oxygens (including phenoxy) is 1. The molecule has 0 radical (unpaired) electrons. The predicted octanol–water partition coefficient (Wildman–Crippen LogP) is 4.29. The first-order chi connectivity index (χ1) is 17.5. The van der Waals surface area contributed by atoms with Crippen molar-refractivity contribution in [3.05, 3.63) is 58.6 Å². The molecule has 0 spiro atoms. The highest BCUT2D eigenvalue weighted by molar-refractivity contribution is 7.92. The summed E-state index contributed by atoms with van der Waals surface area (Å²) in [6.07, 6.45) is 6.16. The van der Waals surface area contributed by atoms with E-state index in [0.717, 1.165) is 48.2 Å². The van der Waals surface area contributed by atoms with Crippen LogP contribution in [0.2, 0.25) is 5.02 Å². The molecular formula is C27H36ClN3O5S. The molecule has 1 aliphatic carbocycles.